The second-order valence-electron chi connectivity index (χ2n) is 5.17. The van der Waals surface area contributed by atoms with Crippen LogP contribution in [-0.4, -0.2) is 9.55 Å². The highest BCUT2D eigenvalue weighted by atomic mass is 16.1. The zero-order valence-electron chi connectivity index (χ0n) is 10.8. The van der Waals surface area contributed by atoms with Crippen molar-refractivity contribution in [3.05, 3.63) is 40.9 Å². The molecule has 1 aliphatic rings. The van der Waals surface area contributed by atoms with Gasteiger partial charge in [0.25, 0.3) is 5.56 Å². The van der Waals surface area contributed by atoms with E-state index in [0.29, 0.717) is 5.39 Å². The average molecular weight is 252 g/mol. The van der Waals surface area contributed by atoms with Gasteiger partial charge in [0.05, 0.1) is 17.2 Å². The van der Waals surface area contributed by atoms with Crippen molar-refractivity contribution >= 4 is 10.9 Å². The second-order valence-corrected chi connectivity index (χ2v) is 5.17. The molecule has 2 aromatic rings. The van der Waals surface area contributed by atoms with Crippen LogP contribution in [0.5, 0.6) is 0 Å². The molecule has 3 rings (SSSR count). The molecule has 0 aliphatic heterocycles. The van der Waals surface area contributed by atoms with Crippen LogP contribution < -0.4 is 5.56 Å². The molecule has 1 saturated carbocycles. The molecule has 0 radical (unpaired) electrons. The van der Waals surface area contributed by atoms with E-state index in [4.69, 9.17) is 6.42 Å². The van der Waals surface area contributed by atoms with Crippen molar-refractivity contribution in [1.82, 2.24) is 9.55 Å². The molecule has 3 heteroatoms. The fraction of sp³-hybridized carbons (Fsp3) is 0.375. The molecule has 96 valence electrons. The molecule has 1 aromatic heterocycles. The maximum Gasteiger partial charge on any atom is 0.262 e. The SMILES string of the molecule is C#CC1(n2cnc3ccccc3c2=O)CCCCC1. The second kappa shape index (κ2) is 4.55. The fourth-order valence-electron chi connectivity index (χ4n) is 2.97. The first-order chi connectivity index (χ1) is 9.27. The van der Waals surface area contributed by atoms with Crippen LogP contribution in [-0.2, 0) is 5.54 Å². The summed E-state index contributed by atoms with van der Waals surface area (Å²) in [4.78, 5) is 17.0. The van der Waals surface area contributed by atoms with E-state index in [9.17, 15) is 4.79 Å². The van der Waals surface area contributed by atoms with Crippen LogP contribution in [0.2, 0.25) is 0 Å². The van der Waals surface area contributed by atoms with Crippen LogP contribution in [0, 0.1) is 12.3 Å². The van der Waals surface area contributed by atoms with E-state index in [-0.39, 0.29) is 5.56 Å². The fourth-order valence-corrected chi connectivity index (χ4v) is 2.97. The summed E-state index contributed by atoms with van der Waals surface area (Å²) in [7, 11) is 0. The van der Waals surface area contributed by atoms with Gasteiger partial charge in [0, 0.05) is 0 Å². The van der Waals surface area contributed by atoms with Gasteiger partial charge in [-0.3, -0.25) is 9.36 Å². The molecular weight excluding hydrogens is 236 g/mol. The summed E-state index contributed by atoms with van der Waals surface area (Å²) in [6.07, 6.45) is 12.4. The van der Waals surface area contributed by atoms with Crippen LogP contribution >= 0.6 is 0 Å². The van der Waals surface area contributed by atoms with Gasteiger partial charge >= 0.3 is 0 Å². The Morgan fingerprint density at radius 1 is 1.21 bits per heavy atom. The van der Waals surface area contributed by atoms with Crippen molar-refractivity contribution < 1.29 is 0 Å². The molecule has 1 fully saturated rings. The summed E-state index contributed by atoms with van der Waals surface area (Å²) in [5, 5.41) is 0.644. The van der Waals surface area contributed by atoms with Gasteiger partial charge < -0.3 is 0 Å². The van der Waals surface area contributed by atoms with Crippen molar-refractivity contribution in [3.8, 4) is 12.3 Å². The minimum Gasteiger partial charge on any atom is -0.281 e. The summed E-state index contributed by atoms with van der Waals surface area (Å²) < 4.78 is 1.68. The summed E-state index contributed by atoms with van der Waals surface area (Å²) in [6.45, 7) is 0. The van der Waals surface area contributed by atoms with Gasteiger partial charge in [0.2, 0.25) is 0 Å². The number of nitrogens with zero attached hydrogens (tertiary/aromatic N) is 2. The van der Waals surface area contributed by atoms with E-state index in [1.54, 1.807) is 10.9 Å². The van der Waals surface area contributed by atoms with Crippen LogP contribution in [0.3, 0.4) is 0 Å². The number of aromatic nitrogens is 2. The number of benzene rings is 1. The molecule has 0 amide bonds. The van der Waals surface area contributed by atoms with Crippen LogP contribution in [0.1, 0.15) is 32.1 Å². The van der Waals surface area contributed by atoms with Gasteiger partial charge in [0.1, 0.15) is 5.54 Å². The first kappa shape index (κ1) is 12.0. The first-order valence-corrected chi connectivity index (χ1v) is 6.71. The smallest absolute Gasteiger partial charge is 0.262 e. The van der Waals surface area contributed by atoms with Crippen molar-refractivity contribution in [3.63, 3.8) is 0 Å². The number of terminal acetylenes is 1. The van der Waals surface area contributed by atoms with Crippen LogP contribution in [0.25, 0.3) is 10.9 Å². The highest BCUT2D eigenvalue weighted by molar-refractivity contribution is 5.77. The quantitative estimate of drug-likeness (QED) is 0.731. The van der Waals surface area contributed by atoms with Gasteiger partial charge in [0.15, 0.2) is 0 Å². The standard InChI is InChI=1S/C16H16N2O/c1-2-16(10-6-3-7-11-16)18-12-17-14-9-5-4-8-13(14)15(18)19/h1,4-5,8-9,12H,3,6-7,10-11H2. The van der Waals surface area contributed by atoms with Crippen molar-refractivity contribution in [2.75, 3.05) is 0 Å². The Bertz CT molecular complexity index is 702. The third-order valence-electron chi connectivity index (χ3n) is 4.08. The Hall–Kier alpha value is -2.08. The van der Waals surface area contributed by atoms with Crippen molar-refractivity contribution in [2.45, 2.75) is 37.6 Å². The Morgan fingerprint density at radius 2 is 1.95 bits per heavy atom. The Balaban J connectivity index is 2.23. The highest BCUT2D eigenvalue weighted by Crippen LogP contribution is 2.33. The number of hydrogen-bond donors (Lipinski definition) is 0. The molecule has 0 bridgehead atoms. The summed E-state index contributed by atoms with van der Waals surface area (Å²) in [5.41, 5.74) is 0.226. The predicted molar refractivity (Wildman–Crippen MR) is 75.9 cm³/mol. The maximum absolute atomic E-state index is 12.6. The van der Waals surface area contributed by atoms with E-state index in [0.717, 1.165) is 31.2 Å². The van der Waals surface area contributed by atoms with Crippen molar-refractivity contribution in [2.24, 2.45) is 0 Å². The lowest BCUT2D eigenvalue weighted by atomic mass is 9.82. The highest BCUT2D eigenvalue weighted by Gasteiger charge is 2.33. The zero-order chi connectivity index (χ0) is 13.3. The molecule has 1 aromatic carbocycles. The maximum atomic E-state index is 12.6. The minimum atomic E-state index is -0.480. The van der Waals surface area contributed by atoms with E-state index in [1.165, 1.54) is 6.42 Å². The number of rotatable bonds is 1. The summed E-state index contributed by atoms with van der Waals surface area (Å²) in [6, 6.07) is 7.41. The number of fused-ring (bicyclic) bond motifs is 1. The molecule has 1 aliphatic carbocycles. The lowest BCUT2D eigenvalue weighted by Gasteiger charge is -2.34. The number of para-hydroxylation sites is 1. The van der Waals surface area contributed by atoms with Crippen molar-refractivity contribution in [1.29, 1.82) is 0 Å². The first-order valence-electron chi connectivity index (χ1n) is 6.71. The topological polar surface area (TPSA) is 34.9 Å². The van der Waals surface area contributed by atoms with E-state index in [2.05, 4.69) is 10.9 Å². The average Bonchev–Trinajstić information content (AvgIpc) is 2.48. The third kappa shape index (κ3) is 1.84. The van der Waals surface area contributed by atoms with Crippen LogP contribution in [0.15, 0.2) is 35.4 Å². The Morgan fingerprint density at radius 3 is 2.68 bits per heavy atom. The van der Waals surface area contributed by atoms with Gasteiger partial charge in [-0.1, -0.05) is 37.3 Å². The monoisotopic (exact) mass is 252 g/mol. The van der Waals surface area contributed by atoms with Crippen LogP contribution in [0.4, 0.5) is 0 Å². The summed E-state index contributed by atoms with van der Waals surface area (Å²) in [5.74, 6) is 2.86. The summed E-state index contributed by atoms with van der Waals surface area (Å²) >= 11 is 0. The molecule has 3 nitrogen and oxygen atoms in total. The Kier molecular flexibility index (Phi) is 2.87. The van der Waals surface area contributed by atoms with Gasteiger partial charge in [-0.2, -0.15) is 0 Å². The van der Waals surface area contributed by atoms with Gasteiger partial charge in [-0.05, 0) is 25.0 Å². The largest absolute Gasteiger partial charge is 0.281 e. The molecule has 1 heterocycles. The minimum absolute atomic E-state index is 0.0227. The molecular formula is C16H16N2O. The van der Waals surface area contributed by atoms with E-state index < -0.39 is 5.54 Å². The molecule has 0 saturated heterocycles. The Labute approximate surface area is 112 Å². The number of hydrogen-bond acceptors (Lipinski definition) is 2. The predicted octanol–water partition coefficient (Wildman–Crippen LogP) is 2.69. The molecule has 0 spiro atoms. The molecule has 0 N–H and O–H groups in total. The lowest BCUT2D eigenvalue weighted by Crippen LogP contribution is -2.41. The van der Waals surface area contributed by atoms with E-state index >= 15 is 0 Å². The normalized spacial score (nSPS) is 18.1. The van der Waals surface area contributed by atoms with E-state index in [1.807, 2.05) is 24.3 Å². The third-order valence-corrected chi connectivity index (χ3v) is 4.08. The lowest BCUT2D eigenvalue weighted by molar-refractivity contribution is 0.262. The zero-order valence-corrected chi connectivity index (χ0v) is 10.8. The molecule has 0 atom stereocenters. The molecule has 0 unspecified atom stereocenters. The van der Waals surface area contributed by atoms with Gasteiger partial charge in [-0.25, -0.2) is 4.98 Å². The van der Waals surface area contributed by atoms with Gasteiger partial charge in [-0.15, -0.1) is 6.42 Å². The molecule has 19 heavy (non-hydrogen) atoms.